The van der Waals surface area contributed by atoms with Crippen LogP contribution in [0.3, 0.4) is 0 Å². The maximum Gasteiger partial charge on any atom is 0.335 e. The third-order valence-corrected chi connectivity index (χ3v) is 2.89. The minimum absolute atomic E-state index is 0.158. The Bertz CT molecular complexity index is 445. The van der Waals surface area contributed by atoms with Crippen LogP contribution in [-0.4, -0.2) is 40.1 Å². The first-order valence-electron chi connectivity index (χ1n) is 6.29. The quantitative estimate of drug-likeness (QED) is 0.752. The first-order valence-corrected chi connectivity index (χ1v) is 6.29. The molecule has 5 heteroatoms. The SMILES string of the molecule is CCN(CCCC(=O)O)Cc1cccc(C(=O)O)c1. The van der Waals surface area contributed by atoms with Crippen molar-refractivity contribution in [2.45, 2.75) is 26.3 Å². The fourth-order valence-corrected chi connectivity index (χ4v) is 1.86. The second-order valence-corrected chi connectivity index (χ2v) is 4.37. The molecular weight excluding hydrogens is 246 g/mol. The number of hydrogen-bond acceptors (Lipinski definition) is 3. The van der Waals surface area contributed by atoms with Crippen molar-refractivity contribution >= 4 is 11.9 Å². The van der Waals surface area contributed by atoms with Crippen LogP contribution in [0.4, 0.5) is 0 Å². The van der Waals surface area contributed by atoms with Crippen molar-refractivity contribution in [2.24, 2.45) is 0 Å². The summed E-state index contributed by atoms with van der Waals surface area (Å²) in [4.78, 5) is 23.4. The molecular formula is C14H19NO4. The smallest absolute Gasteiger partial charge is 0.335 e. The van der Waals surface area contributed by atoms with Gasteiger partial charge < -0.3 is 10.2 Å². The van der Waals surface area contributed by atoms with Crippen molar-refractivity contribution in [2.75, 3.05) is 13.1 Å². The van der Waals surface area contributed by atoms with Crippen LogP contribution in [0.2, 0.25) is 0 Å². The van der Waals surface area contributed by atoms with E-state index in [-0.39, 0.29) is 12.0 Å². The van der Waals surface area contributed by atoms with Gasteiger partial charge in [-0.2, -0.15) is 0 Å². The largest absolute Gasteiger partial charge is 0.481 e. The molecule has 0 saturated heterocycles. The van der Waals surface area contributed by atoms with Gasteiger partial charge in [0.05, 0.1) is 5.56 Å². The molecule has 0 heterocycles. The number of nitrogens with zero attached hydrogens (tertiary/aromatic N) is 1. The highest BCUT2D eigenvalue weighted by atomic mass is 16.4. The molecule has 19 heavy (non-hydrogen) atoms. The molecule has 0 atom stereocenters. The monoisotopic (exact) mass is 265 g/mol. The molecule has 0 spiro atoms. The van der Waals surface area contributed by atoms with Gasteiger partial charge in [-0.05, 0) is 37.2 Å². The average Bonchev–Trinajstić information content (AvgIpc) is 2.37. The van der Waals surface area contributed by atoms with Crippen molar-refractivity contribution in [3.05, 3.63) is 35.4 Å². The minimum Gasteiger partial charge on any atom is -0.481 e. The molecule has 0 bridgehead atoms. The summed E-state index contributed by atoms with van der Waals surface area (Å²) in [6.07, 6.45) is 0.757. The number of carbonyl (C=O) groups is 2. The number of carboxylic acids is 2. The zero-order valence-electron chi connectivity index (χ0n) is 11.0. The van der Waals surface area contributed by atoms with Crippen molar-refractivity contribution in [3.63, 3.8) is 0 Å². The molecule has 2 N–H and O–H groups in total. The minimum atomic E-state index is -0.934. The van der Waals surface area contributed by atoms with Gasteiger partial charge in [-0.15, -0.1) is 0 Å². The summed E-state index contributed by atoms with van der Waals surface area (Å²) in [5.74, 6) is -1.72. The Morgan fingerprint density at radius 3 is 2.58 bits per heavy atom. The highest BCUT2D eigenvalue weighted by Crippen LogP contribution is 2.09. The fourth-order valence-electron chi connectivity index (χ4n) is 1.86. The van der Waals surface area contributed by atoms with E-state index in [1.165, 1.54) is 0 Å². The highest BCUT2D eigenvalue weighted by molar-refractivity contribution is 5.87. The topological polar surface area (TPSA) is 77.8 Å². The third kappa shape index (κ3) is 5.52. The summed E-state index contributed by atoms with van der Waals surface area (Å²) in [7, 11) is 0. The fraction of sp³-hybridized carbons (Fsp3) is 0.429. The Hall–Kier alpha value is -1.88. The molecule has 0 radical (unpaired) electrons. The van der Waals surface area contributed by atoms with E-state index in [1.807, 2.05) is 13.0 Å². The zero-order chi connectivity index (χ0) is 14.3. The molecule has 0 amide bonds. The molecule has 0 aliphatic heterocycles. The highest BCUT2D eigenvalue weighted by Gasteiger charge is 2.07. The van der Waals surface area contributed by atoms with Crippen LogP contribution >= 0.6 is 0 Å². The predicted molar refractivity (Wildman–Crippen MR) is 71.2 cm³/mol. The van der Waals surface area contributed by atoms with Gasteiger partial charge in [-0.3, -0.25) is 9.69 Å². The number of rotatable bonds is 8. The van der Waals surface area contributed by atoms with Crippen LogP contribution in [0.1, 0.15) is 35.7 Å². The van der Waals surface area contributed by atoms with Gasteiger partial charge >= 0.3 is 11.9 Å². The molecule has 0 aliphatic rings. The number of aromatic carboxylic acids is 1. The van der Waals surface area contributed by atoms with E-state index < -0.39 is 11.9 Å². The van der Waals surface area contributed by atoms with Gasteiger partial charge in [-0.25, -0.2) is 4.79 Å². The normalized spacial score (nSPS) is 10.6. The molecule has 1 aromatic rings. The van der Waals surface area contributed by atoms with E-state index in [4.69, 9.17) is 10.2 Å². The van der Waals surface area contributed by atoms with E-state index >= 15 is 0 Å². The standard InChI is InChI=1S/C14H19NO4/c1-2-15(8-4-7-13(16)17)10-11-5-3-6-12(9-11)14(18)19/h3,5-6,9H,2,4,7-8,10H2,1H3,(H,16,17)(H,18,19). The Morgan fingerprint density at radius 1 is 1.26 bits per heavy atom. The predicted octanol–water partition coefficient (Wildman–Crippen LogP) is 2.07. The van der Waals surface area contributed by atoms with Crippen LogP contribution in [0.5, 0.6) is 0 Å². The summed E-state index contributed by atoms with van der Waals surface area (Å²) >= 11 is 0. The van der Waals surface area contributed by atoms with Gasteiger partial charge in [0, 0.05) is 13.0 Å². The van der Waals surface area contributed by atoms with Crippen LogP contribution in [0.15, 0.2) is 24.3 Å². The first kappa shape index (κ1) is 15.2. The van der Waals surface area contributed by atoms with E-state index in [9.17, 15) is 9.59 Å². The summed E-state index contributed by atoms with van der Waals surface area (Å²) in [5.41, 5.74) is 1.20. The molecule has 0 saturated carbocycles. The summed E-state index contributed by atoms with van der Waals surface area (Å²) in [5, 5.41) is 17.5. The number of aliphatic carboxylic acids is 1. The maximum absolute atomic E-state index is 10.9. The second-order valence-electron chi connectivity index (χ2n) is 4.37. The lowest BCUT2D eigenvalue weighted by molar-refractivity contribution is -0.137. The van der Waals surface area contributed by atoms with E-state index in [2.05, 4.69) is 4.90 Å². The Morgan fingerprint density at radius 2 is 2.00 bits per heavy atom. The first-order chi connectivity index (χ1) is 9.02. The van der Waals surface area contributed by atoms with Crippen LogP contribution in [0, 0.1) is 0 Å². The van der Waals surface area contributed by atoms with Crippen LogP contribution < -0.4 is 0 Å². The van der Waals surface area contributed by atoms with Gasteiger partial charge in [0.2, 0.25) is 0 Å². The maximum atomic E-state index is 10.9. The zero-order valence-corrected chi connectivity index (χ0v) is 11.0. The molecule has 5 nitrogen and oxygen atoms in total. The van der Waals surface area contributed by atoms with Gasteiger partial charge in [0.25, 0.3) is 0 Å². The molecule has 0 fully saturated rings. The lowest BCUT2D eigenvalue weighted by Crippen LogP contribution is -2.24. The molecule has 104 valence electrons. The summed E-state index contributed by atoms with van der Waals surface area (Å²) in [6.45, 7) is 4.13. The van der Waals surface area contributed by atoms with Crippen LogP contribution in [-0.2, 0) is 11.3 Å². The number of hydrogen-bond donors (Lipinski definition) is 2. The van der Waals surface area contributed by atoms with E-state index in [1.54, 1.807) is 18.2 Å². The molecule has 0 aromatic heterocycles. The average molecular weight is 265 g/mol. The number of carboxylic acid groups (broad SMARTS) is 2. The van der Waals surface area contributed by atoms with E-state index in [0.29, 0.717) is 19.5 Å². The van der Waals surface area contributed by atoms with E-state index in [0.717, 1.165) is 12.1 Å². The van der Waals surface area contributed by atoms with Crippen molar-refractivity contribution in [1.82, 2.24) is 4.90 Å². The lowest BCUT2D eigenvalue weighted by atomic mass is 10.1. The van der Waals surface area contributed by atoms with Gasteiger partial charge in [-0.1, -0.05) is 19.1 Å². The molecule has 0 unspecified atom stereocenters. The second kappa shape index (κ2) is 7.53. The Kier molecular flexibility index (Phi) is 6.02. The van der Waals surface area contributed by atoms with Crippen LogP contribution in [0.25, 0.3) is 0 Å². The summed E-state index contributed by atoms with van der Waals surface area (Å²) in [6, 6.07) is 6.82. The summed E-state index contributed by atoms with van der Waals surface area (Å²) < 4.78 is 0. The van der Waals surface area contributed by atoms with Crippen molar-refractivity contribution in [3.8, 4) is 0 Å². The van der Waals surface area contributed by atoms with Crippen molar-refractivity contribution in [1.29, 1.82) is 0 Å². The number of benzene rings is 1. The van der Waals surface area contributed by atoms with Gasteiger partial charge in [0.1, 0.15) is 0 Å². The molecule has 0 aliphatic carbocycles. The Balaban J connectivity index is 2.57. The van der Waals surface area contributed by atoms with Crippen molar-refractivity contribution < 1.29 is 19.8 Å². The lowest BCUT2D eigenvalue weighted by Gasteiger charge is -2.20. The third-order valence-electron chi connectivity index (χ3n) is 2.89. The molecule has 1 aromatic carbocycles. The van der Waals surface area contributed by atoms with Gasteiger partial charge in [0.15, 0.2) is 0 Å². The molecule has 1 rings (SSSR count). The Labute approximate surface area is 112 Å².